The lowest BCUT2D eigenvalue weighted by Crippen LogP contribution is -2.35. The van der Waals surface area contributed by atoms with E-state index in [1.54, 1.807) is 18.5 Å². The number of piperidine rings is 1. The van der Waals surface area contributed by atoms with Crippen LogP contribution in [0.3, 0.4) is 0 Å². The third-order valence-electron chi connectivity index (χ3n) is 6.13. The summed E-state index contributed by atoms with van der Waals surface area (Å²) < 4.78 is 23.6. The summed E-state index contributed by atoms with van der Waals surface area (Å²) in [5.41, 5.74) is 2.72. The summed E-state index contributed by atoms with van der Waals surface area (Å²) in [5, 5.41) is 5.03. The minimum absolute atomic E-state index is 0.302. The van der Waals surface area contributed by atoms with Gasteiger partial charge in [0.15, 0.2) is 15.7 Å². The highest BCUT2D eigenvalue weighted by Crippen LogP contribution is 2.33. The summed E-state index contributed by atoms with van der Waals surface area (Å²) in [5.74, 6) is 1.97. The van der Waals surface area contributed by atoms with Crippen molar-refractivity contribution < 1.29 is 13.3 Å². The summed E-state index contributed by atoms with van der Waals surface area (Å²) in [7, 11) is -3.24. The van der Waals surface area contributed by atoms with Crippen molar-refractivity contribution in [2.75, 3.05) is 30.9 Å². The molecule has 0 N–H and O–H groups in total. The van der Waals surface area contributed by atoms with Gasteiger partial charge in [0.25, 0.3) is 0 Å². The number of oxime groups is 1. The van der Waals surface area contributed by atoms with Crippen LogP contribution in [0.1, 0.15) is 26.2 Å². The number of sulfone groups is 1. The number of fused-ring (bicyclic) bond motifs is 1. The maximum Gasteiger partial charge on any atom is 0.175 e. The Morgan fingerprint density at radius 2 is 1.88 bits per heavy atom. The van der Waals surface area contributed by atoms with Gasteiger partial charge in [-0.3, -0.25) is 0 Å². The zero-order valence-electron chi connectivity index (χ0n) is 19.5. The van der Waals surface area contributed by atoms with Crippen LogP contribution >= 0.6 is 0 Å². The lowest BCUT2D eigenvalue weighted by atomic mass is 9.97. The summed E-state index contributed by atoms with van der Waals surface area (Å²) in [6.07, 6.45) is 5.48. The average molecular weight is 480 g/mol. The van der Waals surface area contributed by atoms with E-state index in [-0.39, 0.29) is 0 Å². The van der Waals surface area contributed by atoms with Crippen molar-refractivity contribution >= 4 is 39.1 Å². The van der Waals surface area contributed by atoms with Gasteiger partial charge < -0.3 is 9.74 Å². The van der Waals surface area contributed by atoms with Gasteiger partial charge in [-0.2, -0.15) is 0 Å². The summed E-state index contributed by atoms with van der Waals surface area (Å²) in [6, 6.07) is 13.0. The fraction of sp³-hybridized carbons (Fsp3) is 0.360. The molecule has 0 radical (unpaired) electrons. The molecule has 2 heterocycles. The highest BCUT2D eigenvalue weighted by atomic mass is 32.2. The standard InChI is InChI=1S/C25H29N5O3S/c1-4-23(26-2)29-33-16-18-12-14-30(15-13-18)25-22-7-5-6-21(24(22)27-17-28-25)19-8-10-20(11-9-19)34(3,31)32/h5-11,17-18H,2,4,12-16H2,1,3H3/b29-23-. The number of para-hydroxylation sites is 1. The predicted octanol–water partition coefficient (Wildman–Crippen LogP) is 4.36. The van der Waals surface area contributed by atoms with Crippen molar-refractivity contribution in [3.05, 3.63) is 48.8 Å². The van der Waals surface area contributed by atoms with Crippen LogP contribution < -0.4 is 4.90 Å². The summed E-state index contributed by atoms with van der Waals surface area (Å²) in [4.78, 5) is 21.1. The Kier molecular flexibility index (Phi) is 7.21. The zero-order valence-corrected chi connectivity index (χ0v) is 20.3. The van der Waals surface area contributed by atoms with Crippen molar-refractivity contribution in [2.24, 2.45) is 16.1 Å². The molecular weight excluding hydrogens is 450 g/mol. The fourth-order valence-corrected chi connectivity index (χ4v) is 4.80. The SMILES string of the molecule is C=N/C(CC)=N\OCC1CCN(c2ncnc3c(-c4ccc(S(C)(=O)=O)cc4)cccc23)CC1. The van der Waals surface area contributed by atoms with Gasteiger partial charge in [-0.05, 0) is 49.2 Å². The molecule has 178 valence electrons. The highest BCUT2D eigenvalue weighted by molar-refractivity contribution is 7.90. The van der Waals surface area contributed by atoms with E-state index < -0.39 is 9.84 Å². The van der Waals surface area contributed by atoms with Crippen LogP contribution in [0.5, 0.6) is 0 Å². The smallest absolute Gasteiger partial charge is 0.175 e. The highest BCUT2D eigenvalue weighted by Gasteiger charge is 2.23. The van der Waals surface area contributed by atoms with E-state index in [2.05, 4.69) is 31.7 Å². The molecule has 9 heteroatoms. The summed E-state index contributed by atoms with van der Waals surface area (Å²) in [6.45, 7) is 7.79. The van der Waals surface area contributed by atoms with Gasteiger partial charge in [0.1, 0.15) is 18.8 Å². The molecule has 34 heavy (non-hydrogen) atoms. The number of nitrogens with zero attached hydrogens (tertiary/aromatic N) is 5. The minimum atomic E-state index is -3.24. The maximum atomic E-state index is 11.8. The van der Waals surface area contributed by atoms with Crippen LogP contribution in [0.25, 0.3) is 22.0 Å². The molecule has 0 bridgehead atoms. The molecule has 0 saturated carbocycles. The first-order valence-electron chi connectivity index (χ1n) is 11.4. The third kappa shape index (κ3) is 5.25. The molecule has 4 rings (SSSR count). The lowest BCUT2D eigenvalue weighted by molar-refractivity contribution is 0.0964. The van der Waals surface area contributed by atoms with Gasteiger partial charge in [0, 0.05) is 36.7 Å². The van der Waals surface area contributed by atoms with Crippen LogP contribution in [0.2, 0.25) is 0 Å². The fourth-order valence-electron chi connectivity index (χ4n) is 4.17. The van der Waals surface area contributed by atoms with Crippen molar-refractivity contribution in [3.8, 4) is 11.1 Å². The van der Waals surface area contributed by atoms with Gasteiger partial charge >= 0.3 is 0 Å². The van der Waals surface area contributed by atoms with Gasteiger partial charge in [0.2, 0.25) is 0 Å². The number of aromatic nitrogens is 2. The van der Waals surface area contributed by atoms with Crippen LogP contribution in [-0.4, -0.2) is 56.9 Å². The second-order valence-electron chi connectivity index (χ2n) is 8.44. The topological polar surface area (TPSA) is 97.1 Å². The first-order valence-corrected chi connectivity index (χ1v) is 13.2. The van der Waals surface area contributed by atoms with E-state index in [0.717, 1.165) is 53.8 Å². The number of rotatable bonds is 7. The van der Waals surface area contributed by atoms with Crippen LogP contribution in [-0.2, 0) is 14.7 Å². The Bertz CT molecular complexity index is 1300. The van der Waals surface area contributed by atoms with Gasteiger partial charge in [-0.25, -0.2) is 23.4 Å². The molecule has 1 aliphatic rings. The Balaban J connectivity index is 1.52. The molecule has 0 aliphatic carbocycles. The molecule has 1 saturated heterocycles. The maximum absolute atomic E-state index is 11.8. The number of hydrogen-bond acceptors (Lipinski definition) is 7. The Morgan fingerprint density at radius 1 is 1.15 bits per heavy atom. The van der Waals surface area contributed by atoms with E-state index >= 15 is 0 Å². The van der Waals surface area contributed by atoms with Crippen molar-refractivity contribution in [1.29, 1.82) is 0 Å². The van der Waals surface area contributed by atoms with E-state index in [1.807, 2.05) is 37.3 Å². The van der Waals surface area contributed by atoms with Crippen molar-refractivity contribution in [3.63, 3.8) is 0 Å². The van der Waals surface area contributed by atoms with Crippen molar-refractivity contribution in [1.82, 2.24) is 9.97 Å². The summed E-state index contributed by atoms with van der Waals surface area (Å²) >= 11 is 0. The zero-order chi connectivity index (χ0) is 24.1. The van der Waals surface area contributed by atoms with E-state index in [1.165, 1.54) is 6.26 Å². The Labute approximate surface area is 200 Å². The number of benzene rings is 2. The second kappa shape index (κ2) is 10.3. The number of aliphatic imine (C=N–C) groups is 1. The second-order valence-corrected chi connectivity index (χ2v) is 10.5. The average Bonchev–Trinajstić information content (AvgIpc) is 2.86. The number of anilines is 1. The van der Waals surface area contributed by atoms with E-state index in [0.29, 0.717) is 29.7 Å². The van der Waals surface area contributed by atoms with E-state index in [9.17, 15) is 8.42 Å². The van der Waals surface area contributed by atoms with Gasteiger partial charge in [0.05, 0.1) is 10.4 Å². The first-order chi connectivity index (χ1) is 16.4. The van der Waals surface area contributed by atoms with Crippen LogP contribution in [0.4, 0.5) is 5.82 Å². The minimum Gasteiger partial charge on any atom is -0.394 e. The number of hydrogen-bond donors (Lipinski definition) is 0. The molecule has 2 aromatic carbocycles. The van der Waals surface area contributed by atoms with Gasteiger partial charge in [-0.15, -0.1) is 0 Å². The van der Waals surface area contributed by atoms with Gasteiger partial charge in [-0.1, -0.05) is 36.3 Å². The molecule has 0 amide bonds. The molecule has 0 unspecified atom stereocenters. The Morgan fingerprint density at radius 3 is 2.53 bits per heavy atom. The lowest BCUT2D eigenvalue weighted by Gasteiger charge is -2.32. The third-order valence-corrected chi connectivity index (χ3v) is 7.26. The molecule has 1 aromatic heterocycles. The molecule has 1 fully saturated rings. The number of amidine groups is 1. The molecular formula is C25H29N5O3S. The molecule has 3 aromatic rings. The predicted molar refractivity (Wildman–Crippen MR) is 136 cm³/mol. The van der Waals surface area contributed by atoms with Crippen LogP contribution in [0, 0.1) is 5.92 Å². The normalized spacial score (nSPS) is 15.5. The Hall–Kier alpha value is -3.33. The first kappa shape index (κ1) is 23.8. The molecule has 0 spiro atoms. The van der Waals surface area contributed by atoms with Crippen molar-refractivity contribution in [2.45, 2.75) is 31.1 Å². The quantitative estimate of drug-likeness (QED) is 0.284. The van der Waals surface area contributed by atoms with E-state index in [4.69, 9.17) is 4.84 Å². The molecule has 0 atom stereocenters. The van der Waals surface area contributed by atoms with Crippen LogP contribution in [0.15, 0.2) is 63.8 Å². The monoisotopic (exact) mass is 479 g/mol. The molecule has 1 aliphatic heterocycles. The largest absolute Gasteiger partial charge is 0.394 e. The molecule has 8 nitrogen and oxygen atoms in total.